The normalized spacial score (nSPS) is 11.6. The Kier molecular flexibility index (Phi) is 2.93. The zero-order valence-electron chi connectivity index (χ0n) is 12.6. The first-order valence-electron chi connectivity index (χ1n) is 7.47. The van der Waals surface area contributed by atoms with Crippen LogP contribution in [0.15, 0.2) is 59.1 Å². The summed E-state index contributed by atoms with van der Waals surface area (Å²) < 4.78 is 6.07. The molecule has 0 atom stereocenters. The molecule has 22 heavy (non-hydrogen) atoms. The van der Waals surface area contributed by atoms with E-state index in [4.69, 9.17) is 9.40 Å². The van der Waals surface area contributed by atoms with Crippen LogP contribution in [0.3, 0.4) is 0 Å². The van der Waals surface area contributed by atoms with Crippen LogP contribution in [0.1, 0.15) is 25.5 Å². The number of aromatic nitrogens is 2. The highest BCUT2D eigenvalue weighted by atomic mass is 16.3. The molecule has 3 heteroatoms. The largest absolute Gasteiger partial charge is 0.454 e. The first kappa shape index (κ1) is 13.0. The second-order valence-electron chi connectivity index (χ2n) is 5.74. The highest BCUT2D eigenvalue weighted by Crippen LogP contribution is 2.34. The molecule has 108 valence electrons. The maximum Gasteiger partial charge on any atom is 0.153 e. The monoisotopic (exact) mass is 288 g/mol. The van der Waals surface area contributed by atoms with E-state index < -0.39 is 0 Å². The molecular formula is C19H16N2O. The number of hydrogen-bond donors (Lipinski definition) is 0. The van der Waals surface area contributed by atoms with Gasteiger partial charge in [0.1, 0.15) is 11.1 Å². The minimum atomic E-state index is 0.397. The first-order valence-corrected chi connectivity index (χ1v) is 7.47. The lowest BCUT2D eigenvalue weighted by Crippen LogP contribution is -1.91. The van der Waals surface area contributed by atoms with Crippen LogP contribution in [0.2, 0.25) is 0 Å². The summed E-state index contributed by atoms with van der Waals surface area (Å²) in [7, 11) is 0. The van der Waals surface area contributed by atoms with Gasteiger partial charge in [-0.1, -0.05) is 26.0 Å². The third-order valence-corrected chi connectivity index (χ3v) is 3.89. The first-order chi connectivity index (χ1) is 10.7. The van der Waals surface area contributed by atoms with E-state index in [2.05, 4.69) is 24.9 Å². The fourth-order valence-corrected chi connectivity index (χ4v) is 2.73. The summed E-state index contributed by atoms with van der Waals surface area (Å²) in [5.74, 6) is 0.397. The standard InChI is InChI=1S/C19H16N2O/c1-12(2)15-9-10-17-18(21-15)14-7-5-6-13(19(14)22-17)16-8-3-4-11-20-16/h3-12H,1-2H3. The number of para-hydroxylation sites is 1. The average molecular weight is 288 g/mol. The van der Waals surface area contributed by atoms with Crippen molar-refractivity contribution < 1.29 is 4.42 Å². The van der Waals surface area contributed by atoms with Crippen LogP contribution in [0, 0.1) is 0 Å². The Hall–Kier alpha value is -2.68. The Morgan fingerprint density at radius 3 is 2.64 bits per heavy atom. The fourth-order valence-electron chi connectivity index (χ4n) is 2.73. The summed E-state index contributed by atoms with van der Waals surface area (Å²) >= 11 is 0. The van der Waals surface area contributed by atoms with Gasteiger partial charge in [0.25, 0.3) is 0 Å². The van der Waals surface area contributed by atoms with E-state index in [-0.39, 0.29) is 0 Å². The van der Waals surface area contributed by atoms with E-state index >= 15 is 0 Å². The van der Waals surface area contributed by atoms with Crippen LogP contribution in [0.25, 0.3) is 33.3 Å². The summed E-state index contributed by atoms with van der Waals surface area (Å²) in [6.45, 7) is 4.30. The van der Waals surface area contributed by atoms with Crippen molar-refractivity contribution in [3.63, 3.8) is 0 Å². The Morgan fingerprint density at radius 2 is 1.86 bits per heavy atom. The van der Waals surface area contributed by atoms with Crippen LogP contribution in [-0.2, 0) is 0 Å². The van der Waals surface area contributed by atoms with Gasteiger partial charge < -0.3 is 4.42 Å². The third kappa shape index (κ3) is 1.98. The van der Waals surface area contributed by atoms with E-state index in [9.17, 15) is 0 Å². The van der Waals surface area contributed by atoms with Gasteiger partial charge in [-0.3, -0.25) is 4.98 Å². The minimum Gasteiger partial charge on any atom is -0.454 e. The van der Waals surface area contributed by atoms with Gasteiger partial charge in [0.15, 0.2) is 5.58 Å². The Morgan fingerprint density at radius 1 is 0.955 bits per heavy atom. The molecule has 0 fully saturated rings. The SMILES string of the molecule is CC(C)c1ccc2oc3c(-c4ccccn4)cccc3c2n1. The summed E-state index contributed by atoms with van der Waals surface area (Å²) in [6, 6.07) is 16.1. The Bertz CT molecular complexity index is 955. The van der Waals surface area contributed by atoms with Crippen LogP contribution >= 0.6 is 0 Å². The zero-order chi connectivity index (χ0) is 15.1. The molecule has 0 saturated heterocycles. The van der Waals surface area contributed by atoms with Gasteiger partial charge in [-0.25, -0.2) is 4.98 Å². The number of pyridine rings is 2. The highest BCUT2D eigenvalue weighted by Gasteiger charge is 2.14. The van der Waals surface area contributed by atoms with Gasteiger partial charge in [0.05, 0.1) is 5.69 Å². The van der Waals surface area contributed by atoms with Crippen molar-refractivity contribution in [1.29, 1.82) is 0 Å². The zero-order valence-corrected chi connectivity index (χ0v) is 12.6. The quantitative estimate of drug-likeness (QED) is 0.511. The predicted octanol–water partition coefficient (Wildman–Crippen LogP) is 5.17. The highest BCUT2D eigenvalue weighted by molar-refractivity contribution is 6.07. The summed E-state index contributed by atoms with van der Waals surface area (Å²) in [4.78, 5) is 9.22. The lowest BCUT2D eigenvalue weighted by atomic mass is 10.1. The third-order valence-electron chi connectivity index (χ3n) is 3.89. The maximum absolute atomic E-state index is 6.07. The summed E-state index contributed by atoms with van der Waals surface area (Å²) in [6.07, 6.45) is 1.80. The fraction of sp³-hybridized carbons (Fsp3) is 0.158. The topological polar surface area (TPSA) is 38.9 Å². The van der Waals surface area contributed by atoms with Gasteiger partial charge in [-0.2, -0.15) is 0 Å². The van der Waals surface area contributed by atoms with Gasteiger partial charge >= 0.3 is 0 Å². The lowest BCUT2D eigenvalue weighted by molar-refractivity contribution is 0.668. The van der Waals surface area contributed by atoms with E-state index in [0.717, 1.165) is 39.0 Å². The molecule has 4 aromatic rings. The van der Waals surface area contributed by atoms with Crippen molar-refractivity contribution in [2.75, 3.05) is 0 Å². The molecule has 0 aliphatic heterocycles. The van der Waals surface area contributed by atoms with Crippen molar-refractivity contribution >= 4 is 22.1 Å². The molecule has 0 aliphatic rings. The average Bonchev–Trinajstić information content (AvgIpc) is 2.93. The molecule has 0 saturated carbocycles. The molecular weight excluding hydrogens is 272 g/mol. The molecule has 4 rings (SSSR count). The number of rotatable bonds is 2. The molecule has 0 aliphatic carbocycles. The molecule has 3 heterocycles. The summed E-state index contributed by atoms with van der Waals surface area (Å²) in [5.41, 5.74) is 5.60. The van der Waals surface area contributed by atoms with Crippen LogP contribution in [0.4, 0.5) is 0 Å². The molecule has 3 nitrogen and oxygen atoms in total. The van der Waals surface area contributed by atoms with Crippen LogP contribution in [-0.4, -0.2) is 9.97 Å². The molecule has 3 aromatic heterocycles. The van der Waals surface area contributed by atoms with Crippen molar-refractivity contribution in [2.45, 2.75) is 19.8 Å². The van der Waals surface area contributed by atoms with Gasteiger partial charge in [-0.15, -0.1) is 0 Å². The molecule has 0 unspecified atom stereocenters. The molecule has 0 radical (unpaired) electrons. The predicted molar refractivity (Wildman–Crippen MR) is 88.8 cm³/mol. The molecule has 0 spiro atoms. The Balaban J connectivity index is 2.04. The molecule has 1 aromatic carbocycles. The number of furan rings is 1. The molecule has 0 N–H and O–H groups in total. The number of nitrogens with zero attached hydrogens (tertiary/aromatic N) is 2. The summed E-state index contributed by atoms with van der Waals surface area (Å²) in [5, 5.41) is 1.04. The van der Waals surface area contributed by atoms with Crippen molar-refractivity contribution in [1.82, 2.24) is 9.97 Å². The second kappa shape index (κ2) is 4.95. The number of hydrogen-bond acceptors (Lipinski definition) is 3. The van der Waals surface area contributed by atoms with Crippen LogP contribution < -0.4 is 0 Å². The van der Waals surface area contributed by atoms with Crippen molar-refractivity contribution in [2.24, 2.45) is 0 Å². The van der Waals surface area contributed by atoms with E-state index in [1.807, 2.05) is 42.5 Å². The van der Waals surface area contributed by atoms with Gasteiger partial charge in [-0.05, 0) is 42.3 Å². The van der Waals surface area contributed by atoms with E-state index in [0.29, 0.717) is 5.92 Å². The van der Waals surface area contributed by atoms with Gasteiger partial charge in [0.2, 0.25) is 0 Å². The number of fused-ring (bicyclic) bond motifs is 3. The van der Waals surface area contributed by atoms with Crippen LogP contribution in [0.5, 0.6) is 0 Å². The molecule has 0 bridgehead atoms. The molecule has 0 amide bonds. The Labute approximate surface area is 128 Å². The van der Waals surface area contributed by atoms with E-state index in [1.165, 1.54) is 0 Å². The lowest BCUT2D eigenvalue weighted by Gasteiger charge is -2.02. The van der Waals surface area contributed by atoms with Gasteiger partial charge in [0, 0.05) is 22.8 Å². The maximum atomic E-state index is 6.07. The van der Waals surface area contributed by atoms with E-state index in [1.54, 1.807) is 6.20 Å². The van der Waals surface area contributed by atoms with Crippen molar-refractivity contribution in [3.05, 3.63) is 60.4 Å². The number of benzene rings is 1. The minimum absolute atomic E-state index is 0.397. The second-order valence-corrected chi connectivity index (χ2v) is 5.74. The van der Waals surface area contributed by atoms with Crippen molar-refractivity contribution in [3.8, 4) is 11.3 Å². The smallest absolute Gasteiger partial charge is 0.153 e.